The van der Waals surface area contributed by atoms with Crippen LogP contribution >= 0.6 is 0 Å². The summed E-state index contributed by atoms with van der Waals surface area (Å²) in [5, 5.41) is 12.3. The molecule has 0 spiro atoms. The maximum Gasteiger partial charge on any atom is 0.276 e. The normalized spacial score (nSPS) is 16.9. The molecule has 3 heterocycles. The molecular weight excluding hydrogens is 358 g/mol. The van der Waals surface area contributed by atoms with Gasteiger partial charge in [0.2, 0.25) is 5.91 Å². The third kappa shape index (κ3) is 4.76. The number of hydrogen-bond donors (Lipinski definition) is 0. The lowest BCUT2D eigenvalue weighted by atomic mass is 9.99. The zero-order chi connectivity index (χ0) is 19.9. The third-order valence-corrected chi connectivity index (χ3v) is 5.31. The van der Waals surface area contributed by atoms with Crippen molar-refractivity contribution in [3.63, 3.8) is 0 Å². The summed E-state index contributed by atoms with van der Waals surface area (Å²) in [4.78, 5) is 28.9. The molecule has 1 aliphatic rings. The Morgan fingerprint density at radius 1 is 1.21 bits per heavy atom. The van der Waals surface area contributed by atoms with Gasteiger partial charge in [-0.1, -0.05) is 5.21 Å². The van der Waals surface area contributed by atoms with Crippen molar-refractivity contribution in [2.45, 2.75) is 58.7 Å². The molecule has 3 rings (SSSR count). The second kappa shape index (κ2) is 9.48. The topological polar surface area (TPSA) is 89.2 Å². The van der Waals surface area contributed by atoms with Gasteiger partial charge < -0.3 is 9.80 Å². The molecule has 28 heavy (non-hydrogen) atoms. The van der Waals surface area contributed by atoms with Crippen LogP contribution < -0.4 is 0 Å². The maximum atomic E-state index is 13.0. The number of likely N-dealkylation sites (tertiary alicyclic amines) is 1. The average molecular weight is 387 g/mol. The van der Waals surface area contributed by atoms with E-state index in [9.17, 15) is 9.59 Å². The van der Waals surface area contributed by atoms with Crippen molar-refractivity contribution in [1.82, 2.24) is 34.6 Å². The Morgan fingerprint density at radius 2 is 2.04 bits per heavy atom. The van der Waals surface area contributed by atoms with Crippen molar-refractivity contribution < 1.29 is 9.59 Å². The van der Waals surface area contributed by atoms with Crippen LogP contribution in [0.3, 0.4) is 0 Å². The first-order valence-electron chi connectivity index (χ1n) is 10.1. The van der Waals surface area contributed by atoms with Gasteiger partial charge in [0.1, 0.15) is 6.54 Å². The van der Waals surface area contributed by atoms with Crippen LogP contribution in [0.1, 0.15) is 50.0 Å². The van der Waals surface area contributed by atoms with Gasteiger partial charge in [-0.25, -0.2) is 4.68 Å². The summed E-state index contributed by atoms with van der Waals surface area (Å²) < 4.78 is 3.35. The summed E-state index contributed by atoms with van der Waals surface area (Å²) in [5.74, 6) is -0.129. The van der Waals surface area contributed by atoms with Crippen LogP contribution in [-0.4, -0.2) is 72.1 Å². The van der Waals surface area contributed by atoms with Gasteiger partial charge in [0, 0.05) is 44.6 Å². The first kappa shape index (κ1) is 20.0. The fourth-order valence-electron chi connectivity index (χ4n) is 3.72. The Kier molecular flexibility index (Phi) is 6.78. The van der Waals surface area contributed by atoms with E-state index in [1.165, 1.54) is 4.68 Å². The quantitative estimate of drug-likeness (QED) is 0.684. The summed E-state index contributed by atoms with van der Waals surface area (Å²) in [6.07, 6.45) is 9.26. The van der Waals surface area contributed by atoms with Gasteiger partial charge in [-0.3, -0.25) is 14.3 Å². The van der Waals surface area contributed by atoms with Crippen molar-refractivity contribution >= 4 is 11.8 Å². The van der Waals surface area contributed by atoms with Crippen LogP contribution in [0.25, 0.3) is 0 Å². The summed E-state index contributed by atoms with van der Waals surface area (Å²) in [6.45, 7) is 6.81. The SMILES string of the molecule is CCN(CC)C(=O)Cn1cc(C(=O)N2CCCC[C@@H]2CCn2cccn2)nn1. The van der Waals surface area contributed by atoms with E-state index >= 15 is 0 Å². The van der Waals surface area contributed by atoms with Crippen LogP contribution in [0.15, 0.2) is 24.7 Å². The van der Waals surface area contributed by atoms with Crippen molar-refractivity contribution in [3.05, 3.63) is 30.4 Å². The Bertz CT molecular complexity index is 767. The largest absolute Gasteiger partial charge is 0.342 e. The highest BCUT2D eigenvalue weighted by Gasteiger charge is 2.29. The highest BCUT2D eigenvalue weighted by Crippen LogP contribution is 2.22. The number of aryl methyl sites for hydroxylation is 1. The van der Waals surface area contributed by atoms with Crippen molar-refractivity contribution in [3.8, 4) is 0 Å². The number of aromatic nitrogens is 5. The summed E-state index contributed by atoms with van der Waals surface area (Å²) in [5.41, 5.74) is 0.304. The summed E-state index contributed by atoms with van der Waals surface area (Å²) >= 11 is 0. The van der Waals surface area contributed by atoms with E-state index in [2.05, 4.69) is 15.4 Å². The summed E-state index contributed by atoms with van der Waals surface area (Å²) in [6, 6.07) is 2.08. The molecule has 0 bridgehead atoms. The predicted octanol–water partition coefficient (Wildman–Crippen LogP) is 1.43. The van der Waals surface area contributed by atoms with E-state index in [1.807, 2.05) is 35.7 Å². The molecule has 2 aromatic heterocycles. The van der Waals surface area contributed by atoms with Crippen LogP contribution in [0.5, 0.6) is 0 Å². The van der Waals surface area contributed by atoms with Crippen molar-refractivity contribution in [1.29, 1.82) is 0 Å². The fourth-order valence-corrected chi connectivity index (χ4v) is 3.72. The van der Waals surface area contributed by atoms with Gasteiger partial charge >= 0.3 is 0 Å². The van der Waals surface area contributed by atoms with Gasteiger partial charge in [0.25, 0.3) is 5.91 Å². The molecule has 2 aromatic rings. The van der Waals surface area contributed by atoms with Crippen molar-refractivity contribution in [2.24, 2.45) is 0 Å². The number of rotatable bonds is 8. The van der Waals surface area contributed by atoms with E-state index in [0.29, 0.717) is 18.8 Å². The molecule has 0 saturated carbocycles. The molecule has 0 aliphatic carbocycles. The fraction of sp³-hybridized carbons (Fsp3) is 0.632. The predicted molar refractivity (Wildman–Crippen MR) is 103 cm³/mol. The smallest absolute Gasteiger partial charge is 0.276 e. The number of carbonyl (C=O) groups is 2. The molecule has 152 valence electrons. The number of hydrogen-bond acceptors (Lipinski definition) is 5. The molecule has 0 N–H and O–H groups in total. The molecule has 1 aliphatic heterocycles. The van der Waals surface area contributed by atoms with E-state index in [-0.39, 0.29) is 24.4 Å². The lowest BCUT2D eigenvalue weighted by Crippen LogP contribution is -2.44. The Hall–Kier alpha value is -2.71. The van der Waals surface area contributed by atoms with Crippen LogP contribution in [0.2, 0.25) is 0 Å². The van der Waals surface area contributed by atoms with Gasteiger partial charge in [0.15, 0.2) is 5.69 Å². The highest BCUT2D eigenvalue weighted by molar-refractivity contribution is 5.92. The average Bonchev–Trinajstić information content (AvgIpc) is 3.39. The van der Waals surface area contributed by atoms with Crippen molar-refractivity contribution in [2.75, 3.05) is 19.6 Å². The zero-order valence-electron chi connectivity index (χ0n) is 16.7. The molecule has 0 aromatic carbocycles. The second-order valence-electron chi connectivity index (χ2n) is 7.07. The first-order chi connectivity index (χ1) is 13.6. The Morgan fingerprint density at radius 3 is 2.75 bits per heavy atom. The van der Waals surface area contributed by atoms with E-state index < -0.39 is 0 Å². The minimum Gasteiger partial charge on any atom is -0.342 e. The molecule has 9 nitrogen and oxygen atoms in total. The number of piperidine rings is 1. The molecule has 2 amide bonds. The molecule has 1 fully saturated rings. The maximum absolute atomic E-state index is 13.0. The lowest BCUT2D eigenvalue weighted by Gasteiger charge is -2.35. The zero-order valence-corrected chi connectivity index (χ0v) is 16.7. The first-order valence-corrected chi connectivity index (χ1v) is 10.1. The minimum absolute atomic E-state index is 0.0241. The Balaban J connectivity index is 1.63. The van der Waals surface area contributed by atoms with Crippen LogP contribution in [-0.2, 0) is 17.9 Å². The number of nitrogens with zero attached hydrogens (tertiary/aromatic N) is 7. The monoisotopic (exact) mass is 387 g/mol. The lowest BCUT2D eigenvalue weighted by molar-refractivity contribution is -0.131. The standard InChI is InChI=1S/C19H29N7O2/c1-3-23(4-2)18(27)15-25-14-17(21-22-25)19(28)26-12-6-5-8-16(26)9-13-24-11-7-10-20-24/h7,10-11,14,16H,3-6,8-9,12-13,15H2,1-2H3/t16-/m1/s1. The molecule has 0 unspecified atom stereocenters. The van der Waals surface area contributed by atoms with Gasteiger partial charge in [-0.15, -0.1) is 5.10 Å². The van der Waals surface area contributed by atoms with Crippen LogP contribution in [0, 0.1) is 0 Å². The molecule has 0 radical (unpaired) electrons. The highest BCUT2D eigenvalue weighted by atomic mass is 16.2. The number of amides is 2. The third-order valence-electron chi connectivity index (χ3n) is 5.31. The van der Waals surface area contributed by atoms with E-state index in [0.717, 1.165) is 38.8 Å². The molecule has 1 atom stereocenters. The molecular formula is C19H29N7O2. The number of carbonyl (C=O) groups excluding carboxylic acids is 2. The number of likely N-dealkylation sites (N-methyl/N-ethyl adjacent to an activating group) is 1. The summed E-state index contributed by atoms with van der Waals surface area (Å²) in [7, 11) is 0. The van der Waals surface area contributed by atoms with Gasteiger partial charge in [0.05, 0.1) is 6.20 Å². The van der Waals surface area contributed by atoms with Gasteiger partial charge in [-0.05, 0) is 45.6 Å². The molecule has 1 saturated heterocycles. The van der Waals surface area contributed by atoms with Gasteiger partial charge in [-0.2, -0.15) is 5.10 Å². The minimum atomic E-state index is -0.105. The van der Waals surface area contributed by atoms with E-state index in [4.69, 9.17) is 0 Å². The Labute approximate surface area is 165 Å². The molecule has 9 heteroatoms. The van der Waals surface area contributed by atoms with E-state index in [1.54, 1.807) is 17.3 Å². The second-order valence-corrected chi connectivity index (χ2v) is 7.07. The van der Waals surface area contributed by atoms with Crippen LogP contribution in [0.4, 0.5) is 0 Å².